The van der Waals surface area contributed by atoms with E-state index in [1.807, 2.05) is 12.2 Å². The highest BCUT2D eigenvalue weighted by molar-refractivity contribution is 6.13. The Morgan fingerprint density at radius 3 is 1.71 bits per heavy atom. The third kappa shape index (κ3) is 0.626. The second kappa shape index (κ2) is 2.25. The minimum Gasteiger partial charge on any atom is -0.294 e. The molecule has 0 heterocycles. The number of hydrogen-bond acceptors (Lipinski definition) is 2. The number of hydrogen-bond donors (Lipinski definition) is 0. The predicted molar refractivity (Wildman–Crippen MR) is 51.6 cm³/mol. The van der Waals surface area contributed by atoms with Crippen LogP contribution >= 0.6 is 0 Å². The molecule has 0 radical (unpaired) electrons. The molecule has 2 unspecified atom stereocenters. The molecule has 0 aromatic rings. The van der Waals surface area contributed by atoms with Gasteiger partial charge in [-0.3, -0.25) is 9.59 Å². The minimum absolute atomic E-state index is 0.138. The summed E-state index contributed by atoms with van der Waals surface area (Å²) in [5.41, 5.74) is -0.940. The lowest BCUT2D eigenvalue weighted by molar-refractivity contribution is -0.135. The number of carbonyl (C=O) groups excluding carboxylic acids is 2. The van der Waals surface area contributed by atoms with Crippen LogP contribution in [0.4, 0.5) is 0 Å². The van der Waals surface area contributed by atoms with Crippen molar-refractivity contribution in [3.8, 4) is 0 Å². The SMILES string of the molecule is O=C1C=CC23CCCCC12C=CC3=O. The van der Waals surface area contributed by atoms with Crippen molar-refractivity contribution in [2.75, 3.05) is 0 Å². The molecule has 3 aliphatic carbocycles. The lowest BCUT2D eigenvalue weighted by atomic mass is 9.59. The van der Waals surface area contributed by atoms with Crippen molar-refractivity contribution in [1.29, 1.82) is 0 Å². The lowest BCUT2D eigenvalue weighted by Gasteiger charge is -2.41. The molecule has 14 heavy (non-hydrogen) atoms. The van der Waals surface area contributed by atoms with Crippen LogP contribution in [0.5, 0.6) is 0 Å². The second-order valence-corrected chi connectivity index (χ2v) is 4.54. The molecule has 0 aromatic carbocycles. The number of allylic oxidation sites excluding steroid dienone is 4. The number of rotatable bonds is 0. The highest BCUT2D eigenvalue weighted by Gasteiger charge is 2.62. The monoisotopic (exact) mass is 188 g/mol. The van der Waals surface area contributed by atoms with Gasteiger partial charge in [0.25, 0.3) is 0 Å². The topological polar surface area (TPSA) is 34.1 Å². The fourth-order valence-electron chi connectivity index (χ4n) is 3.30. The van der Waals surface area contributed by atoms with Gasteiger partial charge in [-0.2, -0.15) is 0 Å². The summed E-state index contributed by atoms with van der Waals surface area (Å²) in [5, 5.41) is 0. The summed E-state index contributed by atoms with van der Waals surface area (Å²) in [6, 6.07) is 0. The molecule has 2 nitrogen and oxygen atoms in total. The van der Waals surface area contributed by atoms with Gasteiger partial charge in [0.15, 0.2) is 11.6 Å². The first-order valence-electron chi connectivity index (χ1n) is 5.19. The van der Waals surface area contributed by atoms with Crippen LogP contribution in [0, 0.1) is 10.8 Å². The third-order valence-corrected chi connectivity index (χ3v) is 4.11. The van der Waals surface area contributed by atoms with E-state index in [9.17, 15) is 9.59 Å². The normalized spacial score (nSPS) is 44.3. The van der Waals surface area contributed by atoms with Crippen LogP contribution in [-0.4, -0.2) is 11.6 Å². The van der Waals surface area contributed by atoms with E-state index in [1.54, 1.807) is 12.2 Å². The zero-order valence-electron chi connectivity index (χ0n) is 7.95. The molecule has 3 aliphatic rings. The Bertz CT molecular complexity index is 353. The molecule has 1 fully saturated rings. The first-order chi connectivity index (χ1) is 6.71. The third-order valence-electron chi connectivity index (χ3n) is 4.11. The Balaban J connectivity index is 2.22. The molecule has 72 valence electrons. The molecule has 1 saturated carbocycles. The van der Waals surface area contributed by atoms with Crippen molar-refractivity contribution in [3.05, 3.63) is 24.3 Å². The fraction of sp³-hybridized carbons (Fsp3) is 0.500. The van der Waals surface area contributed by atoms with Crippen LogP contribution in [-0.2, 0) is 9.59 Å². The molecule has 2 heteroatoms. The molecular weight excluding hydrogens is 176 g/mol. The summed E-state index contributed by atoms with van der Waals surface area (Å²) in [5.74, 6) is 0.276. The maximum Gasteiger partial charge on any atom is 0.166 e. The summed E-state index contributed by atoms with van der Waals surface area (Å²) in [7, 11) is 0. The summed E-state index contributed by atoms with van der Waals surface area (Å²) in [6.45, 7) is 0. The molecule has 2 atom stereocenters. The van der Waals surface area contributed by atoms with Gasteiger partial charge in [0.1, 0.15) is 0 Å². The van der Waals surface area contributed by atoms with E-state index in [2.05, 4.69) is 0 Å². The van der Waals surface area contributed by atoms with E-state index in [4.69, 9.17) is 0 Å². The average Bonchev–Trinajstić information content (AvgIpc) is 2.67. The molecule has 3 rings (SSSR count). The zero-order valence-corrected chi connectivity index (χ0v) is 7.95. The molecule has 0 spiro atoms. The van der Waals surface area contributed by atoms with Crippen LogP contribution in [0.15, 0.2) is 24.3 Å². The highest BCUT2D eigenvalue weighted by atomic mass is 16.1. The Kier molecular flexibility index (Phi) is 1.31. The summed E-state index contributed by atoms with van der Waals surface area (Å²) < 4.78 is 0. The van der Waals surface area contributed by atoms with Crippen LogP contribution in [0.3, 0.4) is 0 Å². The van der Waals surface area contributed by atoms with Crippen molar-refractivity contribution < 1.29 is 9.59 Å². The molecular formula is C12H12O2. The summed E-state index contributed by atoms with van der Waals surface area (Å²) in [4.78, 5) is 23.7. The fourth-order valence-corrected chi connectivity index (χ4v) is 3.30. The molecule has 0 saturated heterocycles. The van der Waals surface area contributed by atoms with E-state index in [0.29, 0.717) is 0 Å². The van der Waals surface area contributed by atoms with Gasteiger partial charge in [0.05, 0.1) is 10.8 Å². The number of ketones is 2. The Labute approximate surface area is 82.7 Å². The van der Waals surface area contributed by atoms with Gasteiger partial charge >= 0.3 is 0 Å². The Hall–Kier alpha value is -1.18. The zero-order chi connectivity index (χ0) is 9.81. The second-order valence-electron chi connectivity index (χ2n) is 4.54. The standard InChI is InChI=1S/C12H12O2/c13-9-4-8-12-6-2-1-5-11(9,12)7-3-10(12)14/h3-4,7-8H,1-2,5-6H2. The van der Waals surface area contributed by atoms with Crippen LogP contribution in [0.2, 0.25) is 0 Å². The maximum atomic E-state index is 11.9. The summed E-state index contributed by atoms with van der Waals surface area (Å²) >= 11 is 0. The van der Waals surface area contributed by atoms with E-state index in [0.717, 1.165) is 25.7 Å². The number of carbonyl (C=O) groups is 2. The van der Waals surface area contributed by atoms with Crippen molar-refractivity contribution in [1.82, 2.24) is 0 Å². The Morgan fingerprint density at radius 1 is 0.857 bits per heavy atom. The van der Waals surface area contributed by atoms with Crippen molar-refractivity contribution in [3.63, 3.8) is 0 Å². The van der Waals surface area contributed by atoms with Gasteiger partial charge in [-0.15, -0.1) is 0 Å². The smallest absolute Gasteiger partial charge is 0.166 e. The van der Waals surface area contributed by atoms with Crippen LogP contribution in [0.1, 0.15) is 25.7 Å². The van der Waals surface area contributed by atoms with Crippen molar-refractivity contribution in [2.45, 2.75) is 25.7 Å². The first-order valence-corrected chi connectivity index (χ1v) is 5.19. The van der Waals surface area contributed by atoms with E-state index >= 15 is 0 Å². The quantitative estimate of drug-likeness (QED) is 0.581. The van der Waals surface area contributed by atoms with Gasteiger partial charge in [-0.25, -0.2) is 0 Å². The van der Waals surface area contributed by atoms with E-state index in [-0.39, 0.29) is 11.6 Å². The first kappa shape index (κ1) is 8.16. The molecule has 0 aliphatic heterocycles. The minimum atomic E-state index is -0.470. The molecule has 0 amide bonds. The average molecular weight is 188 g/mol. The van der Waals surface area contributed by atoms with Crippen LogP contribution < -0.4 is 0 Å². The molecule has 0 aromatic heterocycles. The van der Waals surface area contributed by atoms with Crippen LogP contribution in [0.25, 0.3) is 0 Å². The molecule has 0 bridgehead atoms. The van der Waals surface area contributed by atoms with E-state index < -0.39 is 10.8 Å². The highest BCUT2D eigenvalue weighted by Crippen LogP contribution is 2.60. The predicted octanol–water partition coefficient (Wildman–Crippen LogP) is 1.81. The maximum absolute atomic E-state index is 11.9. The van der Waals surface area contributed by atoms with Crippen molar-refractivity contribution in [2.24, 2.45) is 10.8 Å². The van der Waals surface area contributed by atoms with Gasteiger partial charge in [-0.1, -0.05) is 25.0 Å². The van der Waals surface area contributed by atoms with Gasteiger partial charge < -0.3 is 0 Å². The molecule has 0 N–H and O–H groups in total. The van der Waals surface area contributed by atoms with Gasteiger partial charge in [0.2, 0.25) is 0 Å². The van der Waals surface area contributed by atoms with Gasteiger partial charge in [0, 0.05) is 0 Å². The van der Waals surface area contributed by atoms with Crippen molar-refractivity contribution >= 4 is 11.6 Å². The Morgan fingerprint density at radius 2 is 1.29 bits per heavy atom. The largest absolute Gasteiger partial charge is 0.294 e. The summed E-state index contributed by atoms with van der Waals surface area (Å²) in [6.07, 6.45) is 10.8. The van der Waals surface area contributed by atoms with Gasteiger partial charge in [-0.05, 0) is 25.0 Å². The lowest BCUT2D eigenvalue weighted by Crippen LogP contribution is -2.44. The van der Waals surface area contributed by atoms with E-state index in [1.165, 1.54) is 0 Å².